The van der Waals surface area contributed by atoms with Gasteiger partial charge in [0, 0.05) is 36.0 Å². The van der Waals surface area contributed by atoms with E-state index in [1.165, 1.54) is 18.3 Å². The number of benzene rings is 2. The van der Waals surface area contributed by atoms with Gasteiger partial charge in [-0.25, -0.2) is 13.8 Å². The molecule has 0 atom stereocenters. The molecule has 0 saturated carbocycles. The van der Waals surface area contributed by atoms with E-state index in [1.807, 2.05) is 0 Å². The third kappa shape index (κ3) is 5.62. The Labute approximate surface area is 195 Å². The maximum absolute atomic E-state index is 13.4. The molecule has 0 aliphatic carbocycles. The summed E-state index contributed by atoms with van der Waals surface area (Å²) in [4.78, 5) is 22.6. The van der Waals surface area contributed by atoms with Gasteiger partial charge < -0.3 is 15.0 Å². The Bertz CT molecular complexity index is 1360. The predicted molar refractivity (Wildman–Crippen MR) is 116 cm³/mol. The van der Waals surface area contributed by atoms with E-state index >= 15 is 0 Å². The standard InChI is InChI=1S/C24H17F5N4O2/c1-13-18(23(34)32-11-14-7-15(25)9-16(26)8-14)3-2-4-20(13)35-17-5-6-30-19(10-17)22-31-12-21(33-22)24(27,28)29/h2-10,12H,11H2,1H3,(H,31,33)(H,32,34). The van der Waals surface area contributed by atoms with Crippen LogP contribution in [0.25, 0.3) is 11.5 Å². The molecular formula is C24H17F5N4O2. The van der Waals surface area contributed by atoms with Crippen molar-refractivity contribution < 1.29 is 31.5 Å². The van der Waals surface area contributed by atoms with Crippen molar-refractivity contribution in [3.63, 3.8) is 0 Å². The Morgan fingerprint density at radius 2 is 1.80 bits per heavy atom. The van der Waals surface area contributed by atoms with Gasteiger partial charge in [0.25, 0.3) is 5.91 Å². The predicted octanol–water partition coefficient (Wildman–Crippen LogP) is 5.80. The van der Waals surface area contributed by atoms with Crippen molar-refractivity contribution in [1.82, 2.24) is 20.3 Å². The van der Waals surface area contributed by atoms with E-state index in [9.17, 15) is 26.7 Å². The molecule has 0 aliphatic rings. The molecule has 2 aromatic carbocycles. The number of hydrogen-bond donors (Lipinski definition) is 2. The van der Waals surface area contributed by atoms with Gasteiger partial charge in [-0.2, -0.15) is 13.2 Å². The van der Waals surface area contributed by atoms with Crippen LogP contribution in [0.3, 0.4) is 0 Å². The van der Waals surface area contributed by atoms with Crippen molar-refractivity contribution in [2.75, 3.05) is 0 Å². The van der Waals surface area contributed by atoms with Crippen molar-refractivity contribution in [3.05, 3.63) is 94.9 Å². The number of nitrogens with one attached hydrogen (secondary N) is 2. The summed E-state index contributed by atoms with van der Waals surface area (Å²) in [5.41, 5.74) is 0.139. The summed E-state index contributed by atoms with van der Waals surface area (Å²) in [6.07, 6.45) is -2.54. The Morgan fingerprint density at radius 3 is 2.49 bits per heavy atom. The maximum Gasteiger partial charge on any atom is 0.432 e. The summed E-state index contributed by atoms with van der Waals surface area (Å²) in [5.74, 6) is -1.48. The molecule has 4 aromatic rings. The fourth-order valence-corrected chi connectivity index (χ4v) is 3.29. The van der Waals surface area contributed by atoms with Crippen LogP contribution in [0.15, 0.2) is 60.9 Å². The fourth-order valence-electron chi connectivity index (χ4n) is 3.29. The fraction of sp³-hybridized carbons (Fsp3) is 0.125. The number of imidazole rings is 1. The summed E-state index contributed by atoms with van der Waals surface area (Å²) in [5, 5.41) is 2.60. The number of amides is 1. The van der Waals surface area contributed by atoms with Crippen LogP contribution in [0.5, 0.6) is 11.5 Å². The minimum absolute atomic E-state index is 0.0820. The highest BCUT2D eigenvalue weighted by molar-refractivity contribution is 5.96. The highest BCUT2D eigenvalue weighted by Gasteiger charge is 2.33. The molecule has 0 fully saturated rings. The van der Waals surface area contributed by atoms with E-state index in [0.717, 1.165) is 18.2 Å². The monoisotopic (exact) mass is 488 g/mol. The molecule has 180 valence electrons. The molecule has 2 N–H and O–H groups in total. The first-order valence-electron chi connectivity index (χ1n) is 10.2. The number of halogens is 5. The first-order valence-corrected chi connectivity index (χ1v) is 10.2. The lowest BCUT2D eigenvalue weighted by Gasteiger charge is -2.13. The van der Waals surface area contributed by atoms with Crippen molar-refractivity contribution in [1.29, 1.82) is 0 Å². The molecule has 0 spiro atoms. The highest BCUT2D eigenvalue weighted by atomic mass is 19.4. The Balaban J connectivity index is 1.50. The van der Waals surface area contributed by atoms with Gasteiger partial charge in [-0.1, -0.05) is 6.07 Å². The Morgan fingerprint density at radius 1 is 1.06 bits per heavy atom. The number of hydrogen-bond acceptors (Lipinski definition) is 4. The largest absolute Gasteiger partial charge is 0.457 e. The smallest absolute Gasteiger partial charge is 0.432 e. The number of pyridine rings is 1. The van der Waals surface area contributed by atoms with Crippen LogP contribution in [0, 0.1) is 18.6 Å². The number of aromatic nitrogens is 3. The normalized spacial score (nSPS) is 11.4. The molecule has 0 radical (unpaired) electrons. The van der Waals surface area contributed by atoms with Crippen molar-refractivity contribution in [2.45, 2.75) is 19.6 Å². The van der Waals surface area contributed by atoms with Gasteiger partial charge in [0.15, 0.2) is 5.82 Å². The van der Waals surface area contributed by atoms with Crippen LogP contribution >= 0.6 is 0 Å². The molecule has 0 bridgehead atoms. The minimum Gasteiger partial charge on any atom is -0.457 e. The van der Waals surface area contributed by atoms with Crippen LogP contribution in [-0.2, 0) is 12.7 Å². The van der Waals surface area contributed by atoms with Crippen LogP contribution < -0.4 is 10.1 Å². The van der Waals surface area contributed by atoms with Gasteiger partial charge >= 0.3 is 6.18 Å². The molecule has 6 nitrogen and oxygen atoms in total. The molecule has 2 heterocycles. The zero-order valence-corrected chi connectivity index (χ0v) is 18.1. The summed E-state index contributed by atoms with van der Waals surface area (Å²) < 4.78 is 71.1. The molecule has 2 aromatic heterocycles. The first-order chi connectivity index (χ1) is 16.6. The molecule has 11 heteroatoms. The summed E-state index contributed by atoms with van der Waals surface area (Å²) in [7, 11) is 0. The van der Waals surface area contributed by atoms with Crippen LogP contribution in [0.1, 0.15) is 27.2 Å². The van der Waals surface area contributed by atoms with Gasteiger partial charge in [0.1, 0.15) is 34.5 Å². The molecule has 4 rings (SSSR count). The third-order valence-electron chi connectivity index (χ3n) is 4.99. The van der Waals surface area contributed by atoms with Gasteiger partial charge in [-0.3, -0.25) is 9.78 Å². The summed E-state index contributed by atoms with van der Waals surface area (Å²) in [6, 6.07) is 10.6. The van der Waals surface area contributed by atoms with Gasteiger partial charge in [-0.05, 0) is 42.8 Å². The topological polar surface area (TPSA) is 79.9 Å². The lowest BCUT2D eigenvalue weighted by molar-refractivity contribution is -0.140. The number of ether oxygens (including phenoxy) is 1. The third-order valence-corrected chi connectivity index (χ3v) is 4.99. The van der Waals surface area contributed by atoms with Gasteiger partial charge in [-0.15, -0.1) is 0 Å². The summed E-state index contributed by atoms with van der Waals surface area (Å²) >= 11 is 0. The first kappa shape index (κ1) is 23.9. The van der Waals surface area contributed by atoms with Crippen molar-refractivity contribution in [3.8, 4) is 23.0 Å². The summed E-state index contributed by atoms with van der Waals surface area (Å²) in [6.45, 7) is 1.56. The molecule has 0 saturated heterocycles. The second-order valence-corrected chi connectivity index (χ2v) is 7.51. The Hall–Kier alpha value is -4.28. The second kappa shape index (κ2) is 9.53. The number of H-pyrrole nitrogens is 1. The number of aromatic amines is 1. The number of nitrogens with zero attached hydrogens (tertiary/aromatic N) is 2. The zero-order chi connectivity index (χ0) is 25.2. The van der Waals surface area contributed by atoms with E-state index < -0.39 is 29.4 Å². The van der Waals surface area contributed by atoms with E-state index in [2.05, 4.69) is 20.3 Å². The quantitative estimate of drug-likeness (QED) is 0.336. The maximum atomic E-state index is 13.4. The molecule has 1 amide bonds. The molecule has 0 unspecified atom stereocenters. The van der Waals surface area contributed by atoms with Gasteiger partial charge in [0.05, 0.1) is 6.20 Å². The van der Waals surface area contributed by atoms with E-state index in [4.69, 9.17) is 4.74 Å². The SMILES string of the molecule is Cc1c(Oc2ccnc(-c3ncc(C(F)(F)F)[nH]3)c2)cccc1C(=O)NCc1cc(F)cc(F)c1. The van der Waals surface area contributed by atoms with E-state index in [-0.39, 0.29) is 34.9 Å². The van der Waals surface area contributed by atoms with E-state index in [1.54, 1.807) is 25.1 Å². The average molecular weight is 488 g/mol. The highest BCUT2D eigenvalue weighted by Crippen LogP contribution is 2.31. The van der Waals surface area contributed by atoms with Crippen molar-refractivity contribution >= 4 is 5.91 Å². The van der Waals surface area contributed by atoms with Crippen molar-refractivity contribution in [2.24, 2.45) is 0 Å². The number of rotatable bonds is 6. The van der Waals surface area contributed by atoms with E-state index in [0.29, 0.717) is 17.5 Å². The molecule has 0 aliphatic heterocycles. The van der Waals surface area contributed by atoms with Crippen LogP contribution in [-0.4, -0.2) is 20.9 Å². The molecule has 35 heavy (non-hydrogen) atoms. The Kier molecular flexibility index (Phi) is 6.50. The van der Waals surface area contributed by atoms with Crippen LogP contribution in [0.4, 0.5) is 22.0 Å². The van der Waals surface area contributed by atoms with Crippen LogP contribution in [0.2, 0.25) is 0 Å². The number of alkyl halides is 3. The number of carbonyl (C=O) groups is 1. The number of carbonyl (C=O) groups excluding carboxylic acids is 1. The lowest BCUT2D eigenvalue weighted by atomic mass is 10.1. The zero-order valence-electron chi connectivity index (χ0n) is 18.1. The molecular weight excluding hydrogens is 471 g/mol. The lowest BCUT2D eigenvalue weighted by Crippen LogP contribution is -2.23. The average Bonchev–Trinajstić information content (AvgIpc) is 3.30. The second-order valence-electron chi connectivity index (χ2n) is 7.51. The minimum atomic E-state index is -4.57. The van der Waals surface area contributed by atoms with Gasteiger partial charge in [0.2, 0.25) is 0 Å².